The third-order valence-electron chi connectivity index (χ3n) is 5.14. The highest BCUT2D eigenvalue weighted by Crippen LogP contribution is 2.49. The third-order valence-corrected chi connectivity index (χ3v) is 5.14. The Morgan fingerprint density at radius 1 is 1.15 bits per heavy atom. The Labute approximate surface area is 122 Å². The lowest BCUT2D eigenvalue weighted by Crippen LogP contribution is -2.28. The number of carbonyl (C=O) groups excluding carboxylic acids is 1. The Bertz CT molecular complexity index is 442. The molecule has 0 spiro atoms. The van der Waals surface area contributed by atoms with Crippen molar-refractivity contribution in [1.82, 2.24) is 5.32 Å². The van der Waals surface area contributed by atoms with Gasteiger partial charge < -0.3 is 5.32 Å². The largest absolute Gasteiger partial charge is 0.356 e. The molecule has 3 unspecified atom stereocenters. The predicted molar refractivity (Wildman–Crippen MR) is 81.3 cm³/mol. The van der Waals surface area contributed by atoms with Crippen molar-refractivity contribution in [2.24, 2.45) is 17.8 Å². The molecular formula is C18H25NO. The van der Waals surface area contributed by atoms with E-state index in [1.165, 1.54) is 31.2 Å². The van der Waals surface area contributed by atoms with Gasteiger partial charge in [0.15, 0.2) is 0 Å². The molecule has 2 bridgehead atoms. The maximum atomic E-state index is 12.0. The summed E-state index contributed by atoms with van der Waals surface area (Å²) in [5.41, 5.74) is 1.36. The van der Waals surface area contributed by atoms with Gasteiger partial charge in [-0.25, -0.2) is 0 Å². The highest BCUT2D eigenvalue weighted by molar-refractivity contribution is 5.76. The summed E-state index contributed by atoms with van der Waals surface area (Å²) < 4.78 is 0. The second-order valence-corrected chi connectivity index (χ2v) is 6.58. The predicted octanol–water partition coefficient (Wildman–Crippen LogP) is 3.56. The fraction of sp³-hybridized carbons (Fsp3) is 0.611. The van der Waals surface area contributed by atoms with Gasteiger partial charge in [-0.2, -0.15) is 0 Å². The quantitative estimate of drug-likeness (QED) is 0.788. The second-order valence-electron chi connectivity index (χ2n) is 6.58. The fourth-order valence-electron chi connectivity index (χ4n) is 4.10. The van der Waals surface area contributed by atoms with E-state index in [1.807, 2.05) is 6.07 Å². The van der Waals surface area contributed by atoms with Gasteiger partial charge in [-0.05, 0) is 55.4 Å². The topological polar surface area (TPSA) is 29.1 Å². The minimum absolute atomic E-state index is 0.274. The first-order valence-corrected chi connectivity index (χ1v) is 8.12. The number of fused-ring (bicyclic) bond motifs is 2. The first-order chi connectivity index (χ1) is 9.81. The maximum Gasteiger partial charge on any atom is 0.220 e. The molecule has 108 valence electrons. The molecule has 2 heteroatoms. The molecule has 1 aromatic rings. The summed E-state index contributed by atoms with van der Waals surface area (Å²) in [6, 6.07) is 10.5. The summed E-state index contributed by atoms with van der Waals surface area (Å²) in [5, 5.41) is 3.10. The van der Waals surface area contributed by atoms with Gasteiger partial charge in [0.05, 0.1) is 0 Å². The third kappa shape index (κ3) is 3.41. The molecule has 3 rings (SSSR count). The van der Waals surface area contributed by atoms with Crippen LogP contribution in [0.5, 0.6) is 0 Å². The van der Waals surface area contributed by atoms with Crippen LogP contribution in [0.1, 0.15) is 44.1 Å². The van der Waals surface area contributed by atoms with Gasteiger partial charge in [-0.1, -0.05) is 36.8 Å². The van der Waals surface area contributed by atoms with Crippen LogP contribution in [0.3, 0.4) is 0 Å². The average molecular weight is 271 g/mol. The molecule has 20 heavy (non-hydrogen) atoms. The van der Waals surface area contributed by atoms with Crippen LogP contribution in [-0.2, 0) is 11.2 Å². The van der Waals surface area contributed by atoms with Crippen molar-refractivity contribution < 1.29 is 4.79 Å². The molecule has 1 amide bonds. The van der Waals surface area contributed by atoms with E-state index in [4.69, 9.17) is 0 Å². The number of carbonyl (C=O) groups is 1. The number of aryl methyl sites for hydroxylation is 1. The first kappa shape index (κ1) is 13.7. The molecule has 2 aliphatic rings. The number of rotatable bonds is 6. The normalized spacial score (nSPS) is 27.7. The first-order valence-electron chi connectivity index (χ1n) is 8.12. The summed E-state index contributed by atoms with van der Waals surface area (Å²) in [5.74, 6) is 2.75. The SMILES string of the molecule is O=C(CC1CC2CCC1C2)NCCCc1ccccc1. The molecule has 2 fully saturated rings. The molecule has 2 aliphatic carbocycles. The molecule has 2 nitrogen and oxygen atoms in total. The monoisotopic (exact) mass is 271 g/mol. The lowest BCUT2D eigenvalue weighted by Gasteiger charge is -2.20. The highest BCUT2D eigenvalue weighted by Gasteiger charge is 2.39. The summed E-state index contributed by atoms with van der Waals surface area (Å²) in [6.07, 6.45) is 8.35. The molecule has 1 N–H and O–H groups in total. The fourth-order valence-corrected chi connectivity index (χ4v) is 4.10. The zero-order chi connectivity index (χ0) is 13.8. The van der Waals surface area contributed by atoms with Crippen LogP contribution < -0.4 is 5.32 Å². The lowest BCUT2D eigenvalue weighted by molar-refractivity contribution is -0.122. The number of nitrogens with one attached hydrogen (secondary N) is 1. The van der Waals surface area contributed by atoms with E-state index in [1.54, 1.807) is 0 Å². The zero-order valence-corrected chi connectivity index (χ0v) is 12.2. The van der Waals surface area contributed by atoms with Crippen LogP contribution in [-0.4, -0.2) is 12.5 Å². The molecule has 2 saturated carbocycles. The van der Waals surface area contributed by atoms with E-state index in [2.05, 4.69) is 29.6 Å². The molecule has 0 radical (unpaired) electrons. The van der Waals surface area contributed by atoms with Crippen molar-refractivity contribution >= 4 is 5.91 Å². The van der Waals surface area contributed by atoms with E-state index >= 15 is 0 Å². The van der Waals surface area contributed by atoms with Crippen molar-refractivity contribution in [2.45, 2.75) is 44.9 Å². The van der Waals surface area contributed by atoms with E-state index in [0.717, 1.165) is 37.6 Å². The lowest BCUT2D eigenvalue weighted by atomic mass is 9.86. The average Bonchev–Trinajstić information content (AvgIpc) is 3.07. The summed E-state index contributed by atoms with van der Waals surface area (Å²) >= 11 is 0. The summed E-state index contributed by atoms with van der Waals surface area (Å²) in [6.45, 7) is 0.814. The van der Waals surface area contributed by atoms with Crippen molar-refractivity contribution in [1.29, 1.82) is 0 Å². The number of benzene rings is 1. The van der Waals surface area contributed by atoms with Gasteiger partial charge in [0.1, 0.15) is 0 Å². The van der Waals surface area contributed by atoms with E-state index in [0.29, 0.717) is 5.92 Å². The summed E-state index contributed by atoms with van der Waals surface area (Å²) in [4.78, 5) is 12.0. The molecule has 3 atom stereocenters. The second kappa shape index (κ2) is 6.43. The highest BCUT2D eigenvalue weighted by atomic mass is 16.1. The van der Waals surface area contributed by atoms with Crippen LogP contribution in [0, 0.1) is 17.8 Å². The van der Waals surface area contributed by atoms with Crippen LogP contribution in [0.2, 0.25) is 0 Å². The Morgan fingerprint density at radius 2 is 2.00 bits per heavy atom. The van der Waals surface area contributed by atoms with Crippen molar-refractivity contribution in [3.63, 3.8) is 0 Å². The van der Waals surface area contributed by atoms with E-state index in [9.17, 15) is 4.79 Å². The Kier molecular flexibility index (Phi) is 4.39. The van der Waals surface area contributed by atoms with Crippen molar-refractivity contribution in [2.75, 3.05) is 6.54 Å². The van der Waals surface area contributed by atoms with Gasteiger partial charge in [-0.3, -0.25) is 4.79 Å². The molecule has 0 heterocycles. The molecule has 0 aromatic heterocycles. The van der Waals surface area contributed by atoms with E-state index in [-0.39, 0.29) is 5.91 Å². The van der Waals surface area contributed by atoms with Crippen molar-refractivity contribution in [3.05, 3.63) is 35.9 Å². The van der Waals surface area contributed by atoms with Gasteiger partial charge in [0, 0.05) is 13.0 Å². The minimum atomic E-state index is 0.274. The molecule has 0 saturated heterocycles. The van der Waals surface area contributed by atoms with Crippen LogP contribution >= 0.6 is 0 Å². The number of hydrogen-bond donors (Lipinski definition) is 1. The van der Waals surface area contributed by atoms with Crippen molar-refractivity contribution in [3.8, 4) is 0 Å². The minimum Gasteiger partial charge on any atom is -0.356 e. The maximum absolute atomic E-state index is 12.0. The smallest absolute Gasteiger partial charge is 0.220 e. The molecule has 0 aliphatic heterocycles. The van der Waals surface area contributed by atoms with Gasteiger partial charge in [0.25, 0.3) is 0 Å². The molecule has 1 aromatic carbocycles. The van der Waals surface area contributed by atoms with Crippen LogP contribution in [0.25, 0.3) is 0 Å². The number of hydrogen-bond acceptors (Lipinski definition) is 1. The van der Waals surface area contributed by atoms with Gasteiger partial charge in [0.2, 0.25) is 5.91 Å². The standard InChI is InChI=1S/C18H25NO/c20-18(13-17-12-15-8-9-16(17)11-15)19-10-4-7-14-5-2-1-3-6-14/h1-3,5-6,15-17H,4,7-13H2,(H,19,20). The Morgan fingerprint density at radius 3 is 2.70 bits per heavy atom. The van der Waals surface area contributed by atoms with Crippen LogP contribution in [0.15, 0.2) is 30.3 Å². The zero-order valence-electron chi connectivity index (χ0n) is 12.2. The Balaban J connectivity index is 1.32. The van der Waals surface area contributed by atoms with Crippen LogP contribution in [0.4, 0.5) is 0 Å². The van der Waals surface area contributed by atoms with Gasteiger partial charge in [-0.15, -0.1) is 0 Å². The number of amides is 1. The van der Waals surface area contributed by atoms with Gasteiger partial charge >= 0.3 is 0 Å². The Hall–Kier alpha value is -1.31. The van der Waals surface area contributed by atoms with E-state index < -0.39 is 0 Å². The summed E-state index contributed by atoms with van der Waals surface area (Å²) in [7, 11) is 0. The molecular weight excluding hydrogens is 246 g/mol.